The summed E-state index contributed by atoms with van der Waals surface area (Å²) in [4.78, 5) is 25.8. The van der Waals surface area contributed by atoms with Crippen molar-refractivity contribution in [2.45, 2.75) is 30.6 Å². The van der Waals surface area contributed by atoms with Gasteiger partial charge in [0, 0.05) is 51.5 Å². The maximum atomic E-state index is 13.0. The van der Waals surface area contributed by atoms with E-state index in [1.165, 1.54) is 10.4 Å². The predicted octanol–water partition coefficient (Wildman–Crippen LogP) is 1.78. The third-order valence-corrected chi connectivity index (χ3v) is 8.00. The molecule has 0 unspecified atom stereocenters. The first-order valence-electron chi connectivity index (χ1n) is 10.7. The van der Waals surface area contributed by atoms with E-state index in [0.717, 1.165) is 0 Å². The summed E-state index contributed by atoms with van der Waals surface area (Å²) in [5.74, 6) is 0.0160. The summed E-state index contributed by atoms with van der Waals surface area (Å²) in [6, 6.07) is 6.49. The second kappa shape index (κ2) is 10.4. The highest BCUT2D eigenvalue weighted by molar-refractivity contribution is 7.89. The quantitative estimate of drug-likeness (QED) is 0.640. The third-order valence-electron chi connectivity index (χ3n) is 6.09. The van der Waals surface area contributed by atoms with Crippen LogP contribution in [0.4, 0.5) is 5.69 Å². The van der Waals surface area contributed by atoms with E-state index in [2.05, 4.69) is 11.9 Å². The first-order valence-corrected chi connectivity index (χ1v) is 12.1. The molecule has 2 saturated heterocycles. The van der Waals surface area contributed by atoms with Gasteiger partial charge in [-0.2, -0.15) is 4.31 Å². The molecule has 9 heteroatoms. The lowest BCUT2D eigenvalue weighted by Gasteiger charge is -2.31. The van der Waals surface area contributed by atoms with Crippen LogP contribution in [0.5, 0.6) is 0 Å². The van der Waals surface area contributed by atoms with Crippen LogP contribution in [0.15, 0.2) is 41.8 Å². The van der Waals surface area contributed by atoms with Crippen LogP contribution in [-0.4, -0.2) is 64.4 Å². The van der Waals surface area contributed by atoms with Crippen molar-refractivity contribution in [1.82, 2.24) is 9.62 Å². The van der Waals surface area contributed by atoms with Gasteiger partial charge in [0.25, 0.3) is 0 Å². The van der Waals surface area contributed by atoms with Crippen LogP contribution in [0.3, 0.4) is 0 Å². The van der Waals surface area contributed by atoms with E-state index in [1.807, 2.05) is 0 Å². The molecular formula is C22H31N3O5S. The molecule has 31 heavy (non-hydrogen) atoms. The van der Waals surface area contributed by atoms with Crippen molar-refractivity contribution in [3.8, 4) is 0 Å². The van der Waals surface area contributed by atoms with E-state index in [0.29, 0.717) is 64.2 Å². The molecule has 2 heterocycles. The summed E-state index contributed by atoms with van der Waals surface area (Å²) >= 11 is 0. The van der Waals surface area contributed by atoms with E-state index < -0.39 is 10.0 Å². The van der Waals surface area contributed by atoms with Crippen molar-refractivity contribution in [3.63, 3.8) is 0 Å². The number of nitrogens with zero attached hydrogens (tertiary/aromatic N) is 2. The number of rotatable bonds is 7. The maximum Gasteiger partial charge on any atom is 0.243 e. The van der Waals surface area contributed by atoms with Crippen LogP contribution in [0.1, 0.15) is 25.7 Å². The smallest absolute Gasteiger partial charge is 0.243 e. The minimum Gasteiger partial charge on any atom is -0.381 e. The van der Waals surface area contributed by atoms with Crippen LogP contribution in [0.2, 0.25) is 0 Å². The molecular weight excluding hydrogens is 418 g/mol. The third kappa shape index (κ3) is 5.72. The van der Waals surface area contributed by atoms with Gasteiger partial charge in [-0.15, -0.1) is 0 Å². The van der Waals surface area contributed by atoms with Crippen LogP contribution in [-0.2, 0) is 24.3 Å². The molecule has 2 fully saturated rings. The van der Waals surface area contributed by atoms with Crippen molar-refractivity contribution in [2.24, 2.45) is 11.8 Å². The number of hydrogen-bond acceptors (Lipinski definition) is 5. The van der Waals surface area contributed by atoms with Gasteiger partial charge in [-0.25, -0.2) is 8.42 Å². The Bertz CT molecular complexity index is 886. The zero-order valence-corrected chi connectivity index (χ0v) is 18.8. The van der Waals surface area contributed by atoms with Gasteiger partial charge in [0.2, 0.25) is 21.8 Å². The van der Waals surface area contributed by atoms with Gasteiger partial charge in [0.05, 0.1) is 4.90 Å². The second-order valence-corrected chi connectivity index (χ2v) is 10.0. The monoisotopic (exact) mass is 449 g/mol. The van der Waals surface area contributed by atoms with Gasteiger partial charge in [-0.1, -0.05) is 6.58 Å². The summed E-state index contributed by atoms with van der Waals surface area (Å²) in [5.41, 5.74) is 0.673. The van der Waals surface area contributed by atoms with E-state index >= 15 is 0 Å². The van der Waals surface area contributed by atoms with Crippen LogP contribution in [0, 0.1) is 11.8 Å². The van der Waals surface area contributed by atoms with E-state index in [4.69, 9.17) is 4.74 Å². The summed E-state index contributed by atoms with van der Waals surface area (Å²) in [6.45, 7) is 5.98. The van der Waals surface area contributed by atoms with Crippen molar-refractivity contribution in [1.29, 1.82) is 0 Å². The molecule has 2 amide bonds. The van der Waals surface area contributed by atoms with Crippen molar-refractivity contribution in [3.05, 3.63) is 36.9 Å². The number of anilines is 1. The molecule has 0 aliphatic carbocycles. The fourth-order valence-corrected chi connectivity index (χ4v) is 5.48. The molecule has 2 aliphatic rings. The summed E-state index contributed by atoms with van der Waals surface area (Å²) < 4.78 is 32.8. The molecule has 0 saturated carbocycles. The Kier molecular flexibility index (Phi) is 7.85. The molecule has 1 aromatic carbocycles. The number of sulfonamides is 1. The predicted molar refractivity (Wildman–Crippen MR) is 118 cm³/mol. The fourth-order valence-electron chi connectivity index (χ4n) is 4.01. The number of amides is 2. The molecule has 0 radical (unpaired) electrons. The van der Waals surface area contributed by atoms with Crippen LogP contribution < -0.4 is 10.2 Å². The Balaban J connectivity index is 1.59. The molecule has 3 rings (SSSR count). The Morgan fingerprint density at radius 1 is 1.16 bits per heavy atom. The zero-order valence-electron chi connectivity index (χ0n) is 18.0. The largest absolute Gasteiger partial charge is 0.381 e. The number of nitrogens with one attached hydrogen (secondary N) is 1. The Morgan fingerprint density at radius 2 is 1.77 bits per heavy atom. The Morgan fingerprint density at radius 3 is 2.35 bits per heavy atom. The molecule has 0 bridgehead atoms. The second-order valence-electron chi connectivity index (χ2n) is 8.07. The fraction of sp³-hybridized carbons (Fsp3) is 0.545. The number of benzene rings is 1. The minimum atomic E-state index is -3.59. The molecule has 1 N–H and O–H groups in total. The van der Waals surface area contributed by atoms with Gasteiger partial charge in [0.15, 0.2) is 0 Å². The standard InChI is InChI=1S/C22H31N3O5S/c1-3-21(26)23-16-17-8-12-25(13-9-17)31(28,29)20-6-4-19(5-7-20)24(2)22(27)18-10-14-30-15-11-18/h3-7,17-18H,1,8-16H2,2H3,(H,23,26). The molecule has 0 spiro atoms. The highest BCUT2D eigenvalue weighted by atomic mass is 32.2. The summed E-state index contributed by atoms with van der Waals surface area (Å²) in [5, 5.41) is 2.77. The van der Waals surface area contributed by atoms with Gasteiger partial charge in [-0.05, 0) is 61.9 Å². The van der Waals surface area contributed by atoms with Gasteiger partial charge < -0.3 is 15.0 Å². The van der Waals surface area contributed by atoms with Crippen molar-refractivity contribution in [2.75, 3.05) is 44.8 Å². The summed E-state index contributed by atoms with van der Waals surface area (Å²) in [6.07, 6.45) is 4.04. The topological polar surface area (TPSA) is 96.0 Å². The minimum absolute atomic E-state index is 0.0320. The summed E-state index contributed by atoms with van der Waals surface area (Å²) in [7, 11) is -1.88. The molecule has 1 aromatic rings. The SMILES string of the molecule is C=CC(=O)NCC1CCN(S(=O)(=O)c2ccc(N(C)C(=O)C3CCOCC3)cc2)CC1. The lowest BCUT2D eigenvalue weighted by Crippen LogP contribution is -2.41. The zero-order chi connectivity index (χ0) is 22.4. The number of piperidine rings is 1. The van der Waals surface area contributed by atoms with Crippen LogP contribution in [0.25, 0.3) is 0 Å². The number of ether oxygens (including phenoxy) is 1. The van der Waals surface area contributed by atoms with E-state index in [-0.39, 0.29) is 28.5 Å². The number of hydrogen-bond donors (Lipinski definition) is 1. The lowest BCUT2D eigenvalue weighted by molar-refractivity contribution is -0.124. The number of carbonyl (C=O) groups is 2. The first-order chi connectivity index (χ1) is 14.8. The van der Waals surface area contributed by atoms with Gasteiger partial charge >= 0.3 is 0 Å². The highest BCUT2D eigenvalue weighted by Crippen LogP contribution is 2.26. The van der Waals surface area contributed by atoms with Crippen LogP contribution >= 0.6 is 0 Å². The van der Waals surface area contributed by atoms with E-state index in [9.17, 15) is 18.0 Å². The van der Waals surface area contributed by atoms with Crippen molar-refractivity contribution < 1.29 is 22.7 Å². The molecule has 8 nitrogen and oxygen atoms in total. The van der Waals surface area contributed by atoms with Crippen molar-refractivity contribution >= 4 is 27.5 Å². The molecule has 2 aliphatic heterocycles. The lowest BCUT2D eigenvalue weighted by atomic mass is 9.98. The Labute approximate surface area is 184 Å². The van der Waals surface area contributed by atoms with Gasteiger partial charge in [-0.3, -0.25) is 9.59 Å². The molecule has 170 valence electrons. The number of carbonyl (C=O) groups excluding carboxylic acids is 2. The highest BCUT2D eigenvalue weighted by Gasteiger charge is 2.30. The molecule has 0 atom stereocenters. The maximum absolute atomic E-state index is 13.0. The van der Waals surface area contributed by atoms with Gasteiger partial charge in [0.1, 0.15) is 0 Å². The molecule has 0 aromatic heterocycles. The Hall–Kier alpha value is -2.23. The first kappa shape index (κ1) is 23.4. The van der Waals surface area contributed by atoms with E-state index in [1.54, 1.807) is 36.2 Å². The normalized spacial score (nSPS) is 19.0. The average Bonchev–Trinajstić information content (AvgIpc) is 2.82. The average molecular weight is 450 g/mol.